The first kappa shape index (κ1) is 18.6. The van der Waals surface area contributed by atoms with Crippen LogP contribution in [0.1, 0.15) is 54.7 Å². The van der Waals surface area contributed by atoms with Gasteiger partial charge in [0.2, 0.25) is 0 Å². The third-order valence-corrected chi connectivity index (χ3v) is 5.94. The summed E-state index contributed by atoms with van der Waals surface area (Å²) in [7, 11) is 0. The van der Waals surface area contributed by atoms with Crippen LogP contribution in [-0.4, -0.2) is 52.0 Å². The number of nitrogens with one attached hydrogen (secondary N) is 1. The molecule has 7 heteroatoms. The number of nitrogens with zero attached hydrogens (tertiary/aromatic N) is 4. The molecule has 1 unspecified atom stereocenters. The van der Waals surface area contributed by atoms with Crippen molar-refractivity contribution < 1.29 is 4.79 Å². The van der Waals surface area contributed by atoms with Crippen LogP contribution in [0.15, 0.2) is 28.7 Å². The molecule has 1 N–H and O–H groups in total. The summed E-state index contributed by atoms with van der Waals surface area (Å²) in [5.74, 6) is 1.03. The minimum atomic E-state index is -0.106. The summed E-state index contributed by atoms with van der Waals surface area (Å²) in [5, 5.41) is 11.6. The Kier molecular flexibility index (Phi) is 5.59. The van der Waals surface area contributed by atoms with E-state index in [4.69, 9.17) is 0 Å². The number of rotatable bonds is 6. The molecule has 0 bridgehead atoms. The molecule has 2 fully saturated rings. The molecule has 6 nitrogen and oxygen atoms in total. The van der Waals surface area contributed by atoms with Gasteiger partial charge < -0.3 is 10.2 Å². The van der Waals surface area contributed by atoms with Crippen LogP contribution in [0.5, 0.6) is 0 Å². The number of hydrogen-bond acceptors (Lipinski definition) is 4. The standard InChI is InChI=1S/C20H26BrN5O/c1-14-3-2-11-25(13-14)12-10-22-20(27)18-19(15-4-5-15)26(24-23-18)17-8-6-16(21)7-9-17/h6-9,14-15H,2-5,10-13H2,1H3,(H,22,27). The van der Waals surface area contributed by atoms with E-state index in [1.54, 1.807) is 0 Å². The number of carbonyl (C=O) groups excluding carboxylic acids is 1. The quantitative estimate of drug-likeness (QED) is 0.761. The zero-order valence-corrected chi connectivity index (χ0v) is 17.3. The average molecular weight is 432 g/mol. The molecule has 1 atom stereocenters. The first-order valence-electron chi connectivity index (χ1n) is 9.84. The SMILES string of the molecule is CC1CCCN(CCNC(=O)c2nnn(-c3ccc(Br)cc3)c2C2CC2)C1. The van der Waals surface area contributed by atoms with Crippen molar-refractivity contribution in [1.29, 1.82) is 0 Å². The molecule has 1 aromatic heterocycles. The highest BCUT2D eigenvalue weighted by Crippen LogP contribution is 2.42. The Hall–Kier alpha value is -1.73. The van der Waals surface area contributed by atoms with Gasteiger partial charge in [0.1, 0.15) is 0 Å². The summed E-state index contributed by atoms with van der Waals surface area (Å²) in [6, 6.07) is 7.94. The Morgan fingerprint density at radius 1 is 1.26 bits per heavy atom. The summed E-state index contributed by atoms with van der Waals surface area (Å²) in [4.78, 5) is 15.2. The molecule has 0 spiro atoms. The molecule has 1 amide bonds. The fraction of sp³-hybridized carbons (Fsp3) is 0.550. The largest absolute Gasteiger partial charge is 0.349 e. The number of likely N-dealkylation sites (tertiary alicyclic amines) is 1. The number of amides is 1. The molecule has 1 aromatic carbocycles. The van der Waals surface area contributed by atoms with Gasteiger partial charge in [-0.05, 0) is 62.4 Å². The number of hydrogen-bond donors (Lipinski definition) is 1. The summed E-state index contributed by atoms with van der Waals surface area (Å²) in [6.45, 7) is 6.11. The monoisotopic (exact) mass is 431 g/mol. The summed E-state index contributed by atoms with van der Waals surface area (Å²) in [6.07, 6.45) is 4.75. The predicted molar refractivity (Wildman–Crippen MR) is 108 cm³/mol. The smallest absolute Gasteiger partial charge is 0.273 e. The van der Waals surface area contributed by atoms with Gasteiger partial charge in [0.05, 0.1) is 11.4 Å². The Bertz CT molecular complexity index is 799. The molecule has 144 valence electrons. The number of carbonyl (C=O) groups is 1. The third kappa shape index (κ3) is 4.41. The van der Waals surface area contributed by atoms with Crippen molar-refractivity contribution in [3.05, 3.63) is 40.1 Å². The molecule has 2 heterocycles. The maximum absolute atomic E-state index is 12.7. The summed E-state index contributed by atoms with van der Waals surface area (Å²) < 4.78 is 2.84. The lowest BCUT2D eigenvalue weighted by Crippen LogP contribution is -2.40. The topological polar surface area (TPSA) is 63.1 Å². The van der Waals surface area contributed by atoms with Gasteiger partial charge in [0.25, 0.3) is 5.91 Å². The van der Waals surface area contributed by atoms with E-state index in [2.05, 4.69) is 43.4 Å². The molecule has 2 aromatic rings. The van der Waals surface area contributed by atoms with Crippen molar-refractivity contribution in [2.75, 3.05) is 26.2 Å². The molecule has 1 aliphatic carbocycles. The van der Waals surface area contributed by atoms with Crippen LogP contribution >= 0.6 is 15.9 Å². The molecule has 2 aliphatic rings. The second-order valence-electron chi connectivity index (χ2n) is 7.79. The van der Waals surface area contributed by atoms with Crippen LogP contribution in [0.25, 0.3) is 5.69 Å². The van der Waals surface area contributed by atoms with Gasteiger partial charge >= 0.3 is 0 Å². The fourth-order valence-corrected chi connectivity index (χ4v) is 4.11. The molecular formula is C20H26BrN5O. The third-order valence-electron chi connectivity index (χ3n) is 5.41. The zero-order valence-electron chi connectivity index (χ0n) is 15.7. The van der Waals surface area contributed by atoms with E-state index in [1.807, 2.05) is 28.9 Å². The van der Waals surface area contributed by atoms with Gasteiger partial charge in [-0.3, -0.25) is 4.79 Å². The van der Waals surface area contributed by atoms with E-state index in [9.17, 15) is 4.79 Å². The number of piperidine rings is 1. The first-order chi connectivity index (χ1) is 13.1. The average Bonchev–Trinajstić information content (AvgIpc) is 3.40. The summed E-state index contributed by atoms with van der Waals surface area (Å²) >= 11 is 3.46. The van der Waals surface area contributed by atoms with Crippen LogP contribution in [0.4, 0.5) is 0 Å². The van der Waals surface area contributed by atoms with Gasteiger partial charge in [-0.2, -0.15) is 0 Å². The Morgan fingerprint density at radius 2 is 2.04 bits per heavy atom. The number of halogens is 1. The Morgan fingerprint density at radius 3 is 2.74 bits per heavy atom. The van der Waals surface area contributed by atoms with Crippen LogP contribution < -0.4 is 5.32 Å². The maximum atomic E-state index is 12.7. The highest BCUT2D eigenvalue weighted by Gasteiger charge is 2.34. The van der Waals surface area contributed by atoms with Gasteiger partial charge in [-0.15, -0.1) is 5.10 Å². The maximum Gasteiger partial charge on any atom is 0.273 e. The van der Waals surface area contributed by atoms with Crippen molar-refractivity contribution in [2.24, 2.45) is 5.92 Å². The lowest BCUT2D eigenvalue weighted by Gasteiger charge is -2.30. The normalized spacial score (nSPS) is 20.6. The minimum Gasteiger partial charge on any atom is -0.349 e. The first-order valence-corrected chi connectivity index (χ1v) is 10.6. The van der Waals surface area contributed by atoms with Gasteiger partial charge in [-0.1, -0.05) is 28.1 Å². The van der Waals surface area contributed by atoms with Crippen LogP contribution in [0.3, 0.4) is 0 Å². The van der Waals surface area contributed by atoms with Gasteiger partial charge in [0, 0.05) is 30.0 Å². The highest BCUT2D eigenvalue weighted by atomic mass is 79.9. The molecule has 1 saturated carbocycles. The lowest BCUT2D eigenvalue weighted by atomic mass is 10.0. The minimum absolute atomic E-state index is 0.106. The lowest BCUT2D eigenvalue weighted by molar-refractivity contribution is 0.0937. The second kappa shape index (κ2) is 8.10. The highest BCUT2D eigenvalue weighted by molar-refractivity contribution is 9.10. The van der Waals surface area contributed by atoms with E-state index < -0.39 is 0 Å². The second-order valence-corrected chi connectivity index (χ2v) is 8.71. The molecule has 4 rings (SSSR count). The van der Waals surface area contributed by atoms with Gasteiger partial charge in [-0.25, -0.2) is 4.68 Å². The van der Waals surface area contributed by atoms with Crippen molar-refractivity contribution in [3.8, 4) is 5.69 Å². The van der Waals surface area contributed by atoms with E-state index in [1.165, 1.54) is 12.8 Å². The van der Waals surface area contributed by atoms with E-state index in [0.29, 0.717) is 18.2 Å². The van der Waals surface area contributed by atoms with Crippen molar-refractivity contribution in [2.45, 2.75) is 38.5 Å². The summed E-state index contributed by atoms with van der Waals surface area (Å²) in [5.41, 5.74) is 2.36. The van der Waals surface area contributed by atoms with Crippen LogP contribution in [-0.2, 0) is 0 Å². The molecule has 1 aliphatic heterocycles. The Labute approximate surface area is 168 Å². The van der Waals surface area contributed by atoms with Gasteiger partial charge in [0.15, 0.2) is 5.69 Å². The fourth-order valence-electron chi connectivity index (χ4n) is 3.85. The van der Waals surface area contributed by atoms with E-state index >= 15 is 0 Å². The molecule has 0 radical (unpaired) electrons. The van der Waals surface area contributed by atoms with E-state index in [-0.39, 0.29) is 5.91 Å². The molecule has 1 saturated heterocycles. The number of aromatic nitrogens is 3. The molecular weight excluding hydrogens is 406 g/mol. The molecule has 27 heavy (non-hydrogen) atoms. The van der Waals surface area contributed by atoms with Crippen LogP contribution in [0, 0.1) is 5.92 Å². The van der Waals surface area contributed by atoms with Crippen molar-refractivity contribution in [3.63, 3.8) is 0 Å². The van der Waals surface area contributed by atoms with Crippen molar-refractivity contribution >= 4 is 21.8 Å². The van der Waals surface area contributed by atoms with Crippen LogP contribution in [0.2, 0.25) is 0 Å². The predicted octanol–water partition coefficient (Wildman–Crippen LogP) is 3.37. The van der Waals surface area contributed by atoms with Crippen molar-refractivity contribution in [1.82, 2.24) is 25.2 Å². The zero-order chi connectivity index (χ0) is 18.8. The van der Waals surface area contributed by atoms with E-state index in [0.717, 1.165) is 54.2 Å². The number of benzene rings is 1. The Balaban J connectivity index is 1.43.